The molecule has 0 amide bonds. The summed E-state index contributed by atoms with van der Waals surface area (Å²) in [5, 5.41) is 9.71. The number of rotatable bonds is 7. The molecule has 1 aliphatic heterocycles. The maximum absolute atomic E-state index is 13.5. The van der Waals surface area contributed by atoms with E-state index in [1.165, 1.54) is 4.90 Å². The molecule has 0 fully saturated rings. The van der Waals surface area contributed by atoms with Crippen molar-refractivity contribution in [3.8, 4) is 11.8 Å². The number of aromatic nitrogens is 1. The predicted molar refractivity (Wildman–Crippen MR) is 113 cm³/mol. The number of fused-ring (bicyclic) bond motifs is 1. The van der Waals surface area contributed by atoms with Crippen molar-refractivity contribution in [3.05, 3.63) is 75.0 Å². The summed E-state index contributed by atoms with van der Waals surface area (Å²) in [6, 6.07) is 13.5. The molecular weight excluding hydrogens is 364 g/mol. The SMILES string of the molecule is CC[NH+](CC)CCCn1c(C)cc2c(c1=O)[C@H](c1ccccc1)C(C#N)=C(N)O2. The molecule has 2 heterocycles. The molecule has 1 atom stereocenters. The highest BCUT2D eigenvalue weighted by Gasteiger charge is 2.34. The van der Waals surface area contributed by atoms with E-state index in [1.54, 1.807) is 4.57 Å². The second-order valence-corrected chi connectivity index (χ2v) is 7.42. The summed E-state index contributed by atoms with van der Waals surface area (Å²) in [6.07, 6.45) is 0.913. The highest BCUT2D eigenvalue weighted by atomic mass is 16.5. The third-order valence-corrected chi connectivity index (χ3v) is 5.73. The Morgan fingerprint density at radius 2 is 1.93 bits per heavy atom. The lowest BCUT2D eigenvalue weighted by Crippen LogP contribution is -3.11. The number of allylic oxidation sites excluding steroid dienone is 1. The summed E-state index contributed by atoms with van der Waals surface area (Å²) >= 11 is 0. The average molecular weight is 394 g/mol. The largest absolute Gasteiger partial charge is 0.440 e. The zero-order chi connectivity index (χ0) is 21.0. The van der Waals surface area contributed by atoms with E-state index in [4.69, 9.17) is 10.5 Å². The predicted octanol–water partition coefficient (Wildman–Crippen LogP) is 1.69. The van der Waals surface area contributed by atoms with Crippen LogP contribution in [-0.2, 0) is 6.54 Å². The lowest BCUT2D eigenvalue weighted by Gasteiger charge is -2.27. The van der Waals surface area contributed by atoms with Gasteiger partial charge in [0.2, 0.25) is 5.88 Å². The van der Waals surface area contributed by atoms with Crippen molar-refractivity contribution in [2.75, 3.05) is 19.6 Å². The van der Waals surface area contributed by atoms with Gasteiger partial charge in [0.1, 0.15) is 17.4 Å². The van der Waals surface area contributed by atoms with Crippen LogP contribution in [0.1, 0.15) is 43.0 Å². The summed E-state index contributed by atoms with van der Waals surface area (Å²) in [6.45, 7) is 10.1. The molecule has 0 bridgehead atoms. The van der Waals surface area contributed by atoms with Crippen molar-refractivity contribution in [3.63, 3.8) is 0 Å². The molecule has 3 N–H and O–H groups in total. The minimum absolute atomic E-state index is 0.0653. The fourth-order valence-electron chi connectivity index (χ4n) is 4.03. The summed E-state index contributed by atoms with van der Waals surface area (Å²) in [5.74, 6) is -0.00304. The highest BCUT2D eigenvalue weighted by molar-refractivity contribution is 5.55. The number of hydrogen-bond donors (Lipinski definition) is 2. The van der Waals surface area contributed by atoms with Gasteiger partial charge < -0.3 is 19.9 Å². The summed E-state index contributed by atoms with van der Waals surface area (Å²) < 4.78 is 7.50. The first kappa shape index (κ1) is 20.7. The second kappa shape index (κ2) is 8.97. The summed E-state index contributed by atoms with van der Waals surface area (Å²) in [7, 11) is 0. The van der Waals surface area contributed by atoms with Gasteiger partial charge in [-0.3, -0.25) is 4.79 Å². The van der Waals surface area contributed by atoms with Gasteiger partial charge in [-0.25, -0.2) is 0 Å². The van der Waals surface area contributed by atoms with E-state index in [2.05, 4.69) is 19.9 Å². The maximum Gasteiger partial charge on any atom is 0.258 e. The molecule has 152 valence electrons. The van der Waals surface area contributed by atoms with Crippen molar-refractivity contribution >= 4 is 0 Å². The Kier molecular flexibility index (Phi) is 6.40. The molecule has 0 spiro atoms. The van der Waals surface area contributed by atoms with Gasteiger partial charge in [0.05, 0.1) is 31.1 Å². The van der Waals surface area contributed by atoms with Crippen molar-refractivity contribution in [2.45, 2.75) is 39.7 Å². The van der Waals surface area contributed by atoms with Gasteiger partial charge in [-0.15, -0.1) is 0 Å². The molecule has 3 rings (SSSR count). The van der Waals surface area contributed by atoms with Crippen LogP contribution in [0.4, 0.5) is 0 Å². The minimum Gasteiger partial charge on any atom is -0.440 e. The van der Waals surface area contributed by atoms with E-state index in [0.717, 1.165) is 37.3 Å². The van der Waals surface area contributed by atoms with Gasteiger partial charge in [-0.2, -0.15) is 5.26 Å². The Labute approximate surface area is 171 Å². The number of hydrogen-bond acceptors (Lipinski definition) is 4. The quantitative estimate of drug-likeness (QED) is 0.750. The van der Waals surface area contributed by atoms with Crippen LogP contribution < -0.4 is 20.9 Å². The van der Waals surface area contributed by atoms with Crippen molar-refractivity contribution in [1.29, 1.82) is 5.26 Å². The van der Waals surface area contributed by atoms with Crippen LogP contribution in [0.15, 0.2) is 52.6 Å². The van der Waals surface area contributed by atoms with Crippen molar-refractivity contribution in [1.82, 2.24) is 4.57 Å². The minimum atomic E-state index is -0.516. The van der Waals surface area contributed by atoms with Crippen LogP contribution in [0, 0.1) is 18.3 Å². The molecule has 1 aromatic carbocycles. The van der Waals surface area contributed by atoms with Gasteiger partial charge >= 0.3 is 0 Å². The topological polar surface area (TPSA) is 85.5 Å². The van der Waals surface area contributed by atoms with E-state index in [-0.39, 0.29) is 17.0 Å². The van der Waals surface area contributed by atoms with E-state index in [9.17, 15) is 10.1 Å². The number of ether oxygens (including phenoxy) is 1. The fourth-order valence-corrected chi connectivity index (χ4v) is 4.03. The first-order valence-electron chi connectivity index (χ1n) is 10.2. The van der Waals surface area contributed by atoms with Crippen LogP contribution in [0.3, 0.4) is 0 Å². The molecule has 0 saturated carbocycles. The zero-order valence-electron chi connectivity index (χ0n) is 17.4. The Balaban J connectivity index is 2.05. The molecule has 29 heavy (non-hydrogen) atoms. The third-order valence-electron chi connectivity index (χ3n) is 5.73. The highest BCUT2D eigenvalue weighted by Crippen LogP contribution is 2.40. The lowest BCUT2D eigenvalue weighted by atomic mass is 9.84. The smallest absolute Gasteiger partial charge is 0.258 e. The van der Waals surface area contributed by atoms with Crippen LogP contribution in [0.25, 0.3) is 0 Å². The van der Waals surface area contributed by atoms with Crippen LogP contribution in [-0.4, -0.2) is 24.2 Å². The third kappa shape index (κ3) is 4.06. The van der Waals surface area contributed by atoms with Crippen molar-refractivity contribution < 1.29 is 9.64 Å². The molecule has 0 radical (unpaired) electrons. The van der Waals surface area contributed by atoms with Crippen LogP contribution in [0.5, 0.6) is 5.75 Å². The molecule has 1 aromatic heterocycles. The number of benzene rings is 1. The molecule has 6 heteroatoms. The molecule has 1 aliphatic rings. The summed E-state index contributed by atoms with van der Waals surface area (Å²) in [5.41, 5.74) is 8.39. The second-order valence-electron chi connectivity index (χ2n) is 7.42. The molecule has 6 nitrogen and oxygen atoms in total. The normalized spacial score (nSPS) is 15.8. The lowest BCUT2D eigenvalue weighted by molar-refractivity contribution is -0.896. The molecule has 0 aliphatic carbocycles. The maximum atomic E-state index is 13.5. The molecule has 0 unspecified atom stereocenters. The fraction of sp³-hybridized carbons (Fsp3) is 0.391. The first-order valence-corrected chi connectivity index (χ1v) is 10.2. The number of pyridine rings is 1. The van der Waals surface area contributed by atoms with Crippen molar-refractivity contribution in [2.24, 2.45) is 5.73 Å². The number of nitrogens with zero attached hydrogens (tertiary/aromatic N) is 2. The molecular formula is C23H29N4O2+. The number of nitriles is 1. The monoisotopic (exact) mass is 393 g/mol. The van der Waals surface area contributed by atoms with Gasteiger partial charge in [0.15, 0.2) is 0 Å². The van der Waals surface area contributed by atoms with E-state index < -0.39 is 5.92 Å². The Morgan fingerprint density at radius 3 is 2.55 bits per heavy atom. The molecule has 0 saturated heterocycles. The first-order chi connectivity index (χ1) is 14.0. The van der Waals surface area contributed by atoms with E-state index in [1.807, 2.05) is 43.3 Å². The number of nitrogens with one attached hydrogen (secondary N) is 1. The van der Waals surface area contributed by atoms with E-state index in [0.29, 0.717) is 17.9 Å². The van der Waals surface area contributed by atoms with Crippen LogP contribution in [0.2, 0.25) is 0 Å². The van der Waals surface area contributed by atoms with Gasteiger partial charge in [-0.1, -0.05) is 30.3 Å². The van der Waals surface area contributed by atoms with E-state index >= 15 is 0 Å². The van der Waals surface area contributed by atoms with Gasteiger partial charge in [0.25, 0.3) is 5.56 Å². The number of aryl methyl sites for hydroxylation is 1. The summed E-state index contributed by atoms with van der Waals surface area (Å²) in [4.78, 5) is 15.0. The zero-order valence-corrected chi connectivity index (χ0v) is 17.4. The van der Waals surface area contributed by atoms with Gasteiger partial charge in [0, 0.05) is 24.7 Å². The number of quaternary nitrogens is 1. The Hall–Kier alpha value is -3.04. The molecule has 2 aromatic rings. The van der Waals surface area contributed by atoms with Crippen LogP contribution >= 0.6 is 0 Å². The Bertz CT molecular complexity index is 998. The standard InChI is InChI=1S/C23H28N4O2/c1-4-26(5-2)12-9-13-27-16(3)14-19-21(23(27)28)20(17-10-7-6-8-11-17)18(15-24)22(25)29-19/h6-8,10-11,14,20H,4-5,9,12-13,25H2,1-3H3/p+1/t20-/m1/s1. The average Bonchev–Trinajstić information content (AvgIpc) is 2.73. The van der Waals surface area contributed by atoms with Gasteiger partial charge in [-0.05, 0) is 26.3 Å². The number of nitrogens with two attached hydrogens (primary N) is 1. The Morgan fingerprint density at radius 1 is 1.24 bits per heavy atom.